The predicted octanol–water partition coefficient (Wildman–Crippen LogP) is 0.936. The van der Waals surface area contributed by atoms with Crippen LogP contribution in [-0.4, -0.2) is 37.6 Å². The van der Waals surface area contributed by atoms with Crippen molar-refractivity contribution in [1.29, 1.82) is 0 Å². The van der Waals surface area contributed by atoms with Crippen molar-refractivity contribution in [2.45, 2.75) is 25.8 Å². The molecule has 11 heavy (non-hydrogen) atoms. The molecule has 2 atom stereocenters. The lowest BCUT2D eigenvalue weighted by Crippen LogP contribution is -2.34. The van der Waals surface area contributed by atoms with Crippen molar-refractivity contribution in [2.24, 2.45) is 5.92 Å². The minimum atomic E-state index is 0.550. The van der Waals surface area contributed by atoms with Gasteiger partial charge in [-0.15, -0.1) is 0 Å². The quantitative estimate of drug-likeness (QED) is 0.608. The van der Waals surface area contributed by atoms with Crippen molar-refractivity contribution in [2.75, 3.05) is 27.2 Å². The Morgan fingerprint density at radius 3 is 2.36 bits per heavy atom. The van der Waals surface area contributed by atoms with Gasteiger partial charge in [0.15, 0.2) is 0 Å². The fraction of sp³-hybridized carbons (Fsp3) is 1.00. The van der Waals surface area contributed by atoms with Crippen LogP contribution in [0.1, 0.15) is 20.3 Å². The van der Waals surface area contributed by atoms with Crippen LogP contribution in [0.3, 0.4) is 0 Å². The van der Waals surface area contributed by atoms with Crippen LogP contribution in [0.5, 0.6) is 0 Å². The number of hydrogen-bond acceptors (Lipinski definition) is 2. The molecule has 2 rings (SSSR count). The Hall–Kier alpha value is -0.0800. The van der Waals surface area contributed by atoms with E-state index in [1.54, 1.807) is 0 Å². The second kappa shape index (κ2) is 3.11. The molecule has 1 aliphatic heterocycles. The van der Waals surface area contributed by atoms with E-state index in [0.29, 0.717) is 5.54 Å². The molecule has 2 aliphatic rings. The van der Waals surface area contributed by atoms with Gasteiger partial charge in [0.2, 0.25) is 0 Å². The number of piperidine rings is 1. The first-order valence-corrected chi connectivity index (χ1v) is 4.64. The molecule has 0 bridgehead atoms. The van der Waals surface area contributed by atoms with Crippen LogP contribution in [0.25, 0.3) is 0 Å². The van der Waals surface area contributed by atoms with Crippen molar-refractivity contribution < 1.29 is 0 Å². The van der Waals surface area contributed by atoms with Crippen LogP contribution < -0.4 is 5.32 Å². The maximum Gasteiger partial charge on any atom is 0.0351 e. The number of nitrogens with zero attached hydrogens (tertiary/aromatic N) is 1. The molecule has 66 valence electrons. The first kappa shape index (κ1) is 9.01. The molecular weight excluding hydrogens is 136 g/mol. The first-order valence-electron chi connectivity index (χ1n) is 4.64. The Morgan fingerprint density at radius 2 is 2.09 bits per heavy atom. The average Bonchev–Trinajstić information content (AvgIpc) is 2.60. The van der Waals surface area contributed by atoms with Crippen LogP contribution >= 0.6 is 0 Å². The Balaban J connectivity index is 0.000000281. The first-order chi connectivity index (χ1) is 5.27. The molecule has 1 saturated carbocycles. The van der Waals surface area contributed by atoms with Crippen molar-refractivity contribution in [1.82, 2.24) is 10.2 Å². The van der Waals surface area contributed by atoms with Crippen molar-refractivity contribution >= 4 is 0 Å². The summed E-state index contributed by atoms with van der Waals surface area (Å²) in [5, 5.41) is 3.40. The molecule has 2 heteroatoms. The van der Waals surface area contributed by atoms with Gasteiger partial charge in [0.05, 0.1) is 0 Å². The Labute approximate surface area is 70.0 Å². The normalized spacial score (nSPS) is 40.9. The van der Waals surface area contributed by atoms with Crippen molar-refractivity contribution in [3.8, 4) is 0 Å². The molecular formula is C9H20N2. The monoisotopic (exact) mass is 156 g/mol. The minimum Gasteiger partial charge on any atom is -0.313 e. The van der Waals surface area contributed by atoms with Gasteiger partial charge in [-0.2, -0.15) is 0 Å². The summed E-state index contributed by atoms with van der Waals surface area (Å²) < 4.78 is 0. The van der Waals surface area contributed by atoms with Crippen LogP contribution in [0.4, 0.5) is 0 Å². The van der Waals surface area contributed by atoms with E-state index in [1.165, 1.54) is 19.5 Å². The lowest BCUT2D eigenvalue weighted by Gasteiger charge is -2.14. The zero-order valence-corrected chi connectivity index (χ0v) is 8.15. The number of nitrogens with one attached hydrogen (secondary N) is 1. The van der Waals surface area contributed by atoms with E-state index in [1.807, 2.05) is 13.8 Å². The fourth-order valence-electron chi connectivity index (χ4n) is 2.12. The Kier molecular flexibility index (Phi) is 2.55. The predicted molar refractivity (Wildman–Crippen MR) is 48.7 cm³/mol. The molecule has 2 unspecified atom stereocenters. The molecule has 2 fully saturated rings. The zero-order valence-electron chi connectivity index (χ0n) is 8.15. The van der Waals surface area contributed by atoms with Gasteiger partial charge < -0.3 is 10.2 Å². The molecule has 1 N–H and O–H groups in total. The lowest BCUT2D eigenvalue weighted by atomic mass is 10.2. The number of hydrogen-bond donors (Lipinski definition) is 1. The van der Waals surface area contributed by atoms with E-state index in [-0.39, 0.29) is 0 Å². The van der Waals surface area contributed by atoms with Crippen LogP contribution in [0.15, 0.2) is 0 Å². The third kappa shape index (κ3) is 1.42. The molecule has 1 saturated heterocycles. The van der Waals surface area contributed by atoms with Crippen LogP contribution in [0, 0.1) is 5.92 Å². The van der Waals surface area contributed by atoms with Gasteiger partial charge >= 0.3 is 0 Å². The van der Waals surface area contributed by atoms with Crippen LogP contribution in [0.2, 0.25) is 0 Å². The maximum atomic E-state index is 3.40. The van der Waals surface area contributed by atoms with E-state index in [2.05, 4.69) is 24.3 Å². The van der Waals surface area contributed by atoms with Gasteiger partial charge in [-0.3, -0.25) is 0 Å². The van der Waals surface area contributed by atoms with E-state index in [4.69, 9.17) is 0 Å². The summed E-state index contributed by atoms with van der Waals surface area (Å²) in [6, 6.07) is 0. The Morgan fingerprint density at radius 1 is 1.45 bits per heavy atom. The summed E-state index contributed by atoms with van der Waals surface area (Å²) in [5.74, 6) is 0.965. The van der Waals surface area contributed by atoms with Gasteiger partial charge in [0, 0.05) is 18.6 Å². The Bertz CT molecular complexity index is 132. The molecule has 1 aliphatic carbocycles. The van der Waals surface area contributed by atoms with Crippen molar-refractivity contribution in [3.05, 3.63) is 0 Å². The van der Waals surface area contributed by atoms with Gasteiger partial charge in [-0.1, -0.05) is 13.8 Å². The second-order valence-electron chi connectivity index (χ2n) is 3.50. The standard InChI is InChI=1S/C7H14N2.C2H6/c1-8-7-3-6(7)4-9(2)5-7;1-2/h6,8H,3-5H2,1-2H3;1-2H3. The average molecular weight is 156 g/mol. The number of fused-ring (bicyclic) bond motifs is 1. The summed E-state index contributed by atoms with van der Waals surface area (Å²) in [5.41, 5.74) is 0.550. The van der Waals surface area contributed by atoms with E-state index >= 15 is 0 Å². The summed E-state index contributed by atoms with van der Waals surface area (Å²) in [4.78, 5) is 2.41. The minimum absolute atomic E-state index is 0.550. The molecule has 1 heterocycles. The molecule has 0 aromatic rings. The lowest BCUT2D eigenvalue weighted by molar-refractivity contribution is 0.351. The second-order valence-corrected chi connectivity index (χ2v) is 3.50. The number of rotatable bonds is 1. The highest BCUT2D eigenvalue weighted by Crippen LogP contribution is 2.48. The largest absolute Gasteiger partial charge is 0.313 e. The highest BCUT2D eigenvalue weighted by Gasteiger charge is 2.57. The summed E-state index contributed by atoms with van der Waals surface area (Å²) in [7, 11) is 4.28. The van der Waals surface area contributed by atoms with Gasteiger partial charge in [0.1, 0.15) is 0 Å². The SMILES string of the molecule is CC.CNC12CC1CN(C)C2. The summed E-state index contributed by atoms with van der Waals surface area (Å²) in [6.07, 6.45) is 1.41. The maximum absolute atomic E-state index is 3.40. The fourth-order valence-corrected chi connectivity index (χ4v) is 2.12. The molecule has 0 spiro atoms. The van der Waals surface area contributed by atoms with Gasteiger partial charge in [-0.25, -0.2) is 0 Å². The smallest absolute Gasteiger partial charge is 0.0351 e. The van der Waals surface area contributed by atoms with Crippen LogP contribution in [-0.2, 0) is 0 Å². The third-order valence-electron chi connectivity index (χ3n) is 2.81. The van der Waals surface area contributed by atoms with Crippen molar-refractivity contribution in [3.63, 3.8) is 0 Å². The molecule has 0 aromatic heterocycles. The van der Waals surface area contributed by atoms with Gasteiger partial charge in [-0.05, 0) is 26.4 Å². The summed E-state index contributed by atoms with van der Waals surface area (Å²) in [6.45, 7) is 6.56. The van der Waals surface area contributed by atoms with Gasteiger partial charge in [0.25, 0.3) is 0 Å². The van der Waals surface area contributed by atoms with E-state index in [0.717, 1.165) is 5.92 Å². The zero-order chi connectivity index (χ0) is 8.48. The van der Waals surface area contributed by atoms with E-state index in [9.17, 15) is 0 Å². The van der Waals surface area contributed by atoms with E-state index < -0.39 is 0 Å². The highest BCUT2D eigenvalue weighted by molar-refractivity contribution is 5.16. The number of likely N-dealkylation sites (N-methyl/N-ethyl adjacent to an activating group) is 2. The molecule has 0 radical (unpaired) electrons. The summed E-state index contributed by atoms with van der Waals surface area (Å²) >= 11 is 0. The highest BCUT2D eigenvalue weighted by atomic mass is 15.2. The number of likely N-dealkylation sites (tertiary alicyclic amines) is 1. The third-order valence-corrected chi connectivity index (χ3v) is 2.81. The topological polar surface area (TPSA) is 15.3 Å². The molecule has 2 nitrogen and oxygen atoms in total. The molecule has 0 amide bonds. The molecule has 0 aromatic carbocycles.